The first-order valence-electron chi connectivity index (χ1n) is 10.4. The number of hydrogen-bond acceptors (Lipinski definition) is 4. The van der Waals surface area contributed by atoms with Gasteiger partial charge in [-0.3, -0.25) is 4.99 Å². The van der Waals surface area contributed by atoms with Gasteiger partial charge < -0.3 is 15.4 Å². The van der Waals surface area contributed by atoms with Gasteiger partial charge in [-0.25, -0.2) is 8.42 Å². The second-order valence-electron chi connectivity index (χ2n) is 8.77. The van der Waals surface area contributed by atoms with E-state index in [1.165, 1.54) is 11.8 Å². The lowest BCUT2D eigenvalue weighted by atomic mass is 9.85. The molecule has 1 rings (SSSR count). The maximum absolute atomic E-state index is 11.4. The quantitative estimate of drug-likeness (QED) is 0.420. The van der Waals surface area contributed by atoms with E-state index >= 15 is 0 Å². The minimum atomic E-state index is -2.96. The summed E-state index contributed by atoms with van der Waals surface area (Å²) in [7, 11) is -2.96. The number of nitrogens with one attached hydrogen (secondary N) is 2. The van der Waals surface area contributed by atoms with Gasteiger partial charge in [-0.2, -0.15) is 0 Å². The molecular weight excluding hydrogens is 386 g/mol. The monoisotopic (exact) mass is 425 g/mol. The van der Waals surface area contributed by atoms with Gasteiger partial charge >= 0.3 is 0 Å². The zero-order valence-corrected chi connectivity index (χ0v) is 19.9. The minimum Gasteiger partial charge on any atom is -0.493 e. The number of benzene rings is 1. The largest absolute Gasteiger partial charge is 0.493 e. The van der Waals surface area contributed by atoms with Crippen molar-refractivity contribution in [2.75, 3.05) is 31.7 Å². The zero-order chi connectivity index (χ0) is 22.1. The fourth-order valence-electron chi connectivity index (χ4n) is 2.65. The van der Waals surface area contributed by atoms with Gasteiger partial charge in [0.1, 0.15) is 15.6 Å². The summed E-state index contributed by atoms with van der Waals surface area (Å²) in [5.74, 6) is 2.25. The average Bonchev–Trinajstić information content (AvgIpc) is 2.63. The lowest BCUT2D eigenvalue weighted by molar-refractivity contribution is 0.271. The van der Waals surface area contributed by atoms with Crippen molar-refractivity contribution in [1.82, 2.24) is 10.6 Å². The van der Waals surface area contributed by atoms with Crippen LogP contribution in [0.25, 0.3) is 0 Å². The molecule has 1 aromatic rings. The van der Waals surface area contributed by atoms with E-state index in [1.54, 1.807) is 0 Å². The summed E-state index contributed by atoms with van der Waals surface area (Å²) in [6.45, 7) is 14.6. The van der Waals surface area contributed by atoms with Crippen molar-refractivity contribution in [2.24, 2.45) is 10.9 Å². The van der Waals surface area contributed by atoms with Crippen molar-refractivity contribution in [3.8, 4) is 5.75 Å². The summed E-state index contributed by atoms with van der Waals surface area (Å²) in [5.41, 5.74) is 1.05. The van der Waals surface area contributed by atoms with Crippen molar-refractivity contribution in [3.05, 3.63) is 29.8 Å². The van der Waals surface area contributed by atoms with Crippen molar-refractivity contribution < 1.29 is 13.2 Å². The SMILES string of the molecule is CCNC(=NCC(C)(C)c1ccc(OCC(C)C)cc1)NC(C)CCS(C)(=O)=O. The fraction of sp³-hybridized carbons (Fsp3) is 0.682. The predicted molar refractivity (Wildman–Crippen MR) is 123 cm³/mol. The number of guanidine groups is 1. The molecule has 0 radical (unpaired) electrons. The molecule has 0 saturated carbocycles. The summed E-state index contributed by atoms with van der Waals surface area (Å²) in [6.07, 6.45) is 1.81. The molecule has 2 N–H and O–H groups in total. The van der Waals surface area contributed by atoms with Gasteiger partial charge in [0.2, 0.25) is 0 Å². The topological polar surface area (TPSA) is 79.8 Å². The first-order chi connectivity index (χ1) is 13.4. The molecular formula is C22H39N3O3S. The smallest absolute Gasteiger partial charge is 0.191 e. The van der Waals surface area contributed by atoms with Crippen molar-refractivity contribution >= 4 is 15.8 Å². The van der Waals surface area contributed by atoms with Crippen LogP contribution in [0.3, 0.4) is 0 Å². The molecule has 7 heteroatoms. The van der Waals surface area contributed by atoms with Crippen LogP contribution in [0.1, 0.15) is 53.5 Å². The van der Waals surface area contributed by atoms with Gasteiger partial charge in [0.05, 0.1) is 18.9 Å². The molecule has 0 aliphatic rings. The second-order valence-corrected chi connectivity index (χ2v) is 11.0. The molecule has 6 nitrogen and oxygen atoms in total. The fourth-order valence-corrected chi connectivity index (χ4v) is 3.43. The van der Waals surface area contributed by atoms with E-state index in [1.807, 2.05) is 26.0 Å². The molecule has 0 aliphatic carbocycles. The Labute approximate surface area is 177 Å². The Balaban J connectivity index is 2.75. The minimum absolute atomic E-state index is 0.0167. The second kappa shape index (κ2) is 11.4. The molecule has 0 heterocycles. The van der Waals surface area contributed by atoms with Gasteiger partial charge in [0, 0.05) is 24.3 Å². The van der Waals surface area contributed by atoms with Gasteiger partial charge in [-0.15, -0.1) is 0 Å². The normalized spacial score (nSPS) is 14.0. The average molecular weight is 426 g/mol. The summed E-state index contributed by atoms with van der Waals surface area (Å²) in [5, 5.41) is 6.55. The van der Waals surface area contributed by atoms with Crippen LogP contribution in [0.15, 0.2) is 29.3 Å². The molecule has 0 spiro atoms. The summed E-state index contributed by atoms with van der Waals surface area (Å²) in [6, 6.07) is 8.24. The first kappa shape index (κ1) is 25.3. The molecule has 29 heavy (non-hydrogen) atoms. The van der Waals surface area contributed by atoms with E-state index < -0.39 is 9.84 Å². The molecule has 1 aromatic carbocycles. The maximum atomic E-state index is 11.4. The van der Waals surface area contributed by atoms with Gasteiger partial charge in [-0.1, -0.05) is 39.8 Å². The molecule has 0 fully saturated rings. The molecule has 0 aliphatic heterocycles. The Morgan fingerprint density at radius 3 is 2.31 bits per heavy atom. The van der Waals surface area contributed by atoms with E-state index in [0.717, 1.165) is 12.3 Å². The molecule has 1 unspecified atom stereocenters. The van der Waals surface area contributed by atoms with E-state index in [2.05, 4.69) is 50.5 Å². The summed E-state index contributed by atoms with van der Waals surface area (Å²) in [4.78, 5) is 4.74. The lowest BCUT2D eigenvalue weighted by Gasteiger charge is -2.25. The molecule has 0 bridgehead atoms. The van der Waals surface area contributed by atoms with Crippen LogP contribution in [0.5, 0.6) is 5.75 Å². The van der Waals surface area contributed by atoms with Gasteiger partial charge in [0.25, 0.3) is 0 Å². The molecule has 0 amide bonds. The third-order valence-electron chi connectivity index (χ3n) is 4.50. The Morgan fingerprint density at radius 2 is 1.79 bits per heavy atom. The van der Waals surface area contributed by atoms with E-state index in [4.69, 9.17) is 9.73 Å². The van der Waals surface area contributed by atoms with Gasteiger partial charge in [0.15, 0.2) is 5.96 Å². The molecule has 0 saturated heterocycles. The molecule has 0 aromatic heterocycles. The van der Waals surface area contributed by atoms with E-state index in [0.29, 0.717) is 31.4 Å². The van der Waals surface area contributed by atoms with Gasteiger partial charge in [-0.05, 0) is 43.9 Å². The van der Waals surface area contributed by atoms with Crippen LogP contribution in [-0.4, -0.2) is 52.1 Å². The van der Waals surface area contributed by atoms with Crippen molar-refractivity contribution in [1.29, 1.82) is 0 Å². The maximum Gasteiger partial charge on any atom is 0.191 e. The van der Waals surface area contributed by atoms with E-state index in [9.17, 15) is 8.42 Å². The Bertz CT molecular complexity index is 741. The predicted octanol–water partition coefficient (Wildman–Crippen LogP) is 3.38. The van der Waals surface area contributed by atoms with Crippen LogP contribution in [0, 0.1) is 5.92 Å². The Kier molecular flexibility index (Phi) is 9.96. The van der Waals surface area contributed by atoms with E-state index in [-0.39, 0.29) is 17.2 Å². The third-order valence-corrected chi connectivity index (χ3v) is 5.48. The Hall–Kier alpha value is -1.76. The van der Waals surface area contributed by atoms with Crippen molar-refractivity contribution in [3.63, 3.8) is 0 Å². The first-order valence-corrected chi connectivity index (χ1v) is 12.4. The summed E-state index contributed by atoms with van der Waals surface area (Å²) >= 11 is 0. The van der Waals surface area contributed by atoms with Crippen LogP contribution in [-0.2, 0) is 15.3 Å². The van der Waals surface area contributed by atoms with Crippen molar-refractivity contribution in [2.45, 2.75) is 59.4 Å². The summed E-state index contributed by atoms with van der Waals surface area (Å²) < 4.78 is 28.5. The highest BCUT2D eigenvalue weighted by Gasteiger charge is 2.21. The zero-order valence-electron chi connectivity index (χ0n) is 19.1. The molecule has 1 atom stereocenters. The van der Waals surface area contributed by atoms with Crippen LogP contribution in [0.4, 0.5) is 0 Å². The lowest BCUT2D eigenvalue weighted by Crippen LogP contribution is -2.43. The van der Waals surface area contributed by atoms with Crippen LogP contribution in [0.2, 0.25) is 0 Å². The van der Waals surface area contributed by atoms with Crippen LogP contribution >= 0.6 is 0 Å². The highest BCUT2D eigenvalue weighted by Crippen LogP contribution is 2.26. The highest BCUT2D eigenvalue weighted by molar-refractivity contribution is 7.90. The Morgan fingerprint density at radius 1 is 1.17 bits per heavy atom. The number of ether oxygens (including phenoxy) is 1. The number of sulfone groups is 1. The number of rotatable bonds is 11. The number of aliphatic imine (C=N–C) groups is 1. The number of nitrogens with zero attached hydrogens (tertiary/aromatic N) is 1. The number of hydrogen-bond donors (Lipinski definition) is 2. The third kappa shape index (κ3) is 10.5. The standard InChI is InChI=1S/C22H39N3O3S/c1-8-23-21(25-18(4)13-14-29(7,26)27)24-16-22(5,6)19-9-11-20(12-10-19)28-15-17(2)3/h9-12,17-18H,8,13-16H2,1-7H3,(H2,23,24,25). The molecule has 166 valence electrons. The van der Waals surface area contributed by atoms with Crippen LogP contribution < -0.4 is 15.4 Å². The highest BCUT2D eigenvalue weighted by atomic mass is 32.2.